The number of aromatic nitrogens is 2. The van der Waals surface area contributed by atoms with Gasteiger partial charge < -0.3 is 5.32 Å². The highest BCUT2D eigenvalue weighted by Gasteiger charge is 2.09. The number of thiazole rings is 2. The third kappa shape index (κ3) is 2.14. The summed E-state index contributed by atoms with van der Waals surface area (Å²) < 4.78 is 0. The van der Waals surface area contributed by atoms with Crippen molar-refractivity contribution in [3.8, 4) is 21.1 Å². The van der Waals surface area contributed by atoms with Crippen molar-refractivity contribution in [3.05, 3.63) is 41.9 Å². The van der Waals surface area contributed by atoms with Gasteiger partial charge in [-0.2, -0.15) is 0 Å². The van der Waals surface area contributed by atoms with Crippen molar-refractivity contribution in [2.75, 3.05) is 12.4 Å². The van der Waals surface area contributed by atoms with Crippen molar-refractivity contribution >= 4 is 27.8 Å². The number of nitrogens with one attached hydrogen (secondary N) is 1. The van der Waals surface area contributed by atoms with Gasteiger partial charge in [-0.3, -0.25) is 0 Å². The van der Waals surface area contributed by atoms with Gasteiger partial charge in [0, 0.05) is 24.2 Å². The van der Waals surface area contributed by atoms with Crippen LogP contribution in [-0.4, -0.2) is 17.0 Å². The molecule has 0 aliphatic carbocycles. The van der Waals surface area contributed by atoms with Crippen LogP contribution in [0.5, 0.6) is 0 Å². The van der Waals surface area contributed by atoms with E-state index in [1.807, 2.05) is 36.8 Å². The first-order valence-corrected chi connectivity index (χ1v) is 7.21. The van der Waals surface area contributed by atoms with Gasteiger partial charge in [-0.25, -0.2) is 9.97 Å². The van der Waals surface area contributed by atoms with Crippen molar-refractivity contribution in [1.29, 1.82) is 0 Å². The molecule has 0 fully saturated rings. The minimum atomic E-state index is 0.930. The molecule has 0 aliphatic heterocycles. The summed E-state index contributed by atoms with van der Waals surface area (Å²) in [5.41, 5.74) is 2.14. The summed E-state index contributed by atoms with van der Waals surface area (Å²) in [6.07, 6.45) is 1.89. The second kappa shape index (κ2) is 4.88. The third-order valence-corrected chi connectivity index (χ3v) is 4.43. The van der Waals surface area contributed by atoms with Gasteiger partial charge in [0.25, 0.3) is 0 Å². The summed E-state index contributed by atoms with van der Waals surface area (Å²) in [5.74, 6) is 0. The molecule has 2 aromatic heterocycles. The molecule has 1 aromatic carbocycles. The predicted molar refractivity (Wildman–Crippen MR) is 78.2 cm³/mol. The van der Waals surface area contributed by atoms with E-state index in [-0.39, 0.29) is 0 Å². The maximum atomic E-state index is 4.48. The van der Waals surface area contributed by atoms with Gasteiger partial charge in [-0.1, -0.05) is 30.3 Å². The molecule has 5 heteroatoms. The van der Waals surface area contributed by atoms with Gasteiger partial charge in [0.15, 0.2) is 5.13 Å². The topological polar surface area (TPSA) is 37.8 Å². The van der Waals surface area contributed by atoms with E-state index in [1.165, 1.54) is 0 Å². The zero-order valence-corrected chi connectivity index (χ0v) is 11.4. The highest BCUT2D eigenvalue weighted by Crippen LogP contribution is 2.33. The van der Waals surface area contributed by atoms with E-state index in [0.29, 0.717) is 0 Å². The Labute approximate surface area is 113 Å². The molecule has 1 N–H and O–H groups in total. The molecule has 0 amide bonds. The van der Waals surface area contributed by atoms with Crippen molar-refractivity contribution in [3.63, 3.8) is 0 Å². The highest BCUT2D eigenvalue weighted by atomic mass is 32.1. The molecule has 3 aromatic rings. The van der Waals surface area contributed by atoms with Crippen LogP contribution in [0, 0.1) is 0 Å². The lowest BCUT2D eigenvalue weighted by molar-refractivity contribution is 1.36. The van der Waals surface area contributed by atoms with Gasteiger partial charge in [-0.05, 0) is 0 Å². The van der Waals surface area contributed by atoms with Crippen LogP contribution < -0.4 is 5.32 Å². The molecule has 0 aliphatic rings. The van der Waals surface area contributed by atoms with Crippen molar-refractivity contribution < 1.29 is 0 Å². The van der Waals surface area contributed by atoms with E-state index < -0.39 is 0 Å². The van der Waals surface area contributed by atoms with E-state index in [4.69, 9.17) is 0 Å². The number of hydrogen-bond acceptors (Lipinski definition) is 5. The van der Waals surface area contributed by atoms with Gasteiger partial charge in [0.2, 0.25) is 0 Å². The molecule has 0 unspecified atom stereocenters. The molecule has 2 heterocycles. The molecule has 90 valence electrons. The molecule has 3 nitrogen and oxygen atoms in total. The van der Waals surface area contributed by atoms with E-state index in [2.05, 4.69) is 27.4 Å². The molecular formula is C13H11N3S2. The lowest BCUT2D eigenvalue weighted by Gasteiger charge is -1.93. The summed E-state index contributed by atoms with van der Waals surface area (Å²) in [5, 5.41) is 7.06. The Balaban J connectivity index is 1.94. The van der Waals surface area contributed by atoms with Crippen LogP contribution in [0.4, 0.5) is 5.13 Å². The third-order valence-electron chi connectivity index (χ3n) is 2.50. The standard InChI is InChI=1S/C13H11N3S2/c1-14-13-16-10(8-17-13)11-7-15-12(18-11)9-5-3-2-4-6-9/h2-8H,1H3,(H,14,16). The fourth-order valence-corrected chi connectivity index (χ4v) is 3.24. The molecule has 0 bridgehead atoms. The predicted octanol–water partition coefficient (Wildman–Crippen LogP) is 3.98. The summed E-state index contributed by atoms with van der Waals surface area (Å²) in [6, 6.07) is 10.2. The van der Waals surface area contributed by atoms with Crippen LogP contribution in [0.2, 0.25) is 0 Å². The quantitative estimate of drug-likeness (QED) is 0.784. The second-order valence-electron chi connectivity index (χ2n) is 3.68. The van der Waals surface area contributed by atoms with Crippen molar-refractivity contribution in [2.24, 2.45) is 0 Å². The van der Waals surface area contributed by atoms with Gasteiger partial charge in [-0.15, -0.1) is 22.7 Å². The van der Waals surface area contributed by atoms with Crippen LogP contribution in [0.3, 0.4) is 0 Å². The maximum Gasteiger partial charge on any atom is 0.182 e. The number of benzene rings is 1. The molecule has 0 atom stereocenters. The molecule has 3 rings (SSSR count). The second-order valence-corrected chi connectivity index (χ2v) is 5.57. The zero-order chi connectivity index (χ0) is 12.4. The van der Waals surface area contributed by atoms with E-state index in [0.717, 1.165) is 26.3 Å². The van der Waals surface area contributed by atoms with Gasteiger partial charge in [0.05, 0.1) is 10.6 Å². The smallest absolute Gasteiger partial charge is 0.182 e. The molecule has 18 heavy (non-hydrogen) atoms. The summed E-state index contributed by atoms with van der Waals surface area (Å²) in [7, 11) is 1.88. The van der Waals surface area contributed by atoms with Crippen LogP contribution in [0.15, 0.2) is 41.9 Å². The van der Waals surface area contributed by atoms with E-state index in [1.54, 1.807) is 22.7 Å². The minimum absolute atomic E-state index is 0.930. The average molecular weight is 273 g/mol. The molecule has 0 saturated carbocycles. The summed E-state index contributed by atoms with van der Waals surface area (Å²) >= 11 is 3.27. The molecule has 0 radical (unpaired) electrons. The highest BCUT2D eigenvalue weighted by molar-refractivity contribution is 7.19. The fraction of sp³-hybridized carbons (Fsp3) is 0.0769. The molecule has 0 spiro atoms. The Bertz CT molecular complexity index is 643. The van der Waals surface area contributed by atoms with Crippen LogP contribution in [0.1, 0.15) is 0 Å². The Morgan fingerprint density at radius 1 is 1.17 bits per heavy atom. The van der Waals surface area contributed by atoms with Crippen LogP contribution >= 0.6 is 22.7 Å². The fourth-order valence-electron chi connectivity index (χ4n) is 1.61. The zero-order valence-electron chi connectivity index (χ0n) is 9.75. The average Bonchev–Trinajstić information content (AvgIpc) is 3.08. The van der Waals surface area contributed by atoms with Crippen molar-refractivity contribution in [2.45, 2.75) is 0 Å². The van der Waals surface area contributed by atoms with Crippen molar-refractivity contribution in [1.82, 2.24) is 9.97 Å². The number of nitrogens with zero attached hydrogens (tertiary/aromatic N) is 2. The lowest BCUT2D eigenvalue weighted by atomic mass is 10.2. The van der Waals surface area contributed by atoms with Crippen LogP contribution in [-0.2, 0) is 0 Å². The largest absolute Gasteiger partial charge is 0.365 e. The van der Waals surface area contributed by atoms with E-state index in [9.17, 15) is 0 Å². The minimum Gasteiger partial charge on any atom is -0.365 e. The Morgan fingerprint density at radius 3 is 2.72 bits per heavy atom. The lowest BCUT2D eigenvalue weighted by Crippen LogP contribution is -1.84. The summed E-state index contributed by atoms with van der Waals surface area (Å²) in [4.78, 5) is 10.0. The monoisotopic (exact) mass is 273 g/mol. The maximum absolute atomic E-state index is 4.48. The Hall–Kier alpha value is -1.72. The van der Waals surface area contributed by atoms with E-state index >= 15 is 0 Å². The van der Waals surface area contributed by atoms with Crippen LogP contribution in [0.25, 0.3) is 21.1 Å². The number of hydrogen-bond donors (Lipinski definition) is 1. The normalized spacial score (nSPS) is 10.5. The first-order chi connectivity index (χ1) is 8.86. The molecule has 0 saturated heterocycles. The van der Waals surface area contributed by atoms with Gasteiger partial charge in [0.1, 0.15) is 5.01 Å². The first-order valence-electron chi connectivity index (χ1n) is 5.52. The Kier molecular flexibility index (Phi) is 3.08. The Morgan fingerprint density at radius 2 is 2.00 bits per heavy atom. The molecular weight excluding hydrogens is 262 g/mol. The first kappa shape index (κ1) is 11.4. The number of anilines is 1. The summed E-state index contributed by atoms with van der Waals surface area (Å²) in [6.45, 7) is 0. The number of rotatable bonds is 3. The van der Waals surface area contributed by atoms with Gasteiger partial charge >= 0.3 is 0 Å². The SMILES string of the molecule is CNc1nc(-c2cnc(-c3ccccc3)s2)cs1.